The predicted octanol–water partition coefficient (Wildman–Crippen LogP) is 2.19. The van der Waals surface area contributed by atoms with Crippen LogP contribution in [0.3, 0.4) is 0 Å². The standard InChI is InChI=1S/C10H13ClN4/c11-5-2-6-13-10-14-8-4-1-3-7(12)9(8)15-10/h1,3-4H,2,5-6,12H2,(H2,13,14,15). The van der Waals surface area contributed by atoms with Crippen LogP contribution in [0.4, 0.5) is 11.6 Å². The Morgan fingerprint density at radius 1 is 1.47 bits per heavy atom. The molecule has 0 fully saturated rings. The number of alkyl halides is 1. The molecule has 0 unspecified atom stereocenters. The Balaban J connectivity index is 2.20. The van der Waals surface area contributed by atoms with E-state index in [0.29, 0.717) is 11.6 Å². The number of hydrogen-bond donors (Lipinski definition) is 3. The fourth-order valence-electron chi connectivity index (χ4n) is 1.41. The number of imidazole rings is 1. The van der Waals surface area contributed by atoms with Gasteiger partial charge in [-0.15, -0.1) is 11.6 Å². The van der Waals surface area contributed by atoms with Crippen molar-refractivity contribution in [2.75, 3.05) is 23.5 Å². The third-order valence-electron chi connectivity index (χ3n) is 2.15. The van der Waals surface area contributed by atoms with E-state index < -0.39 is 0 Å². The predicted molar refractivity (Wildman–Crippen MR) is 64.3 cm³/mol. The second kappa shape index (κ2) is 4.40. The maximum Gasteiger partial charge on any atom is 0.201 e. The molecule has 4 nitrogen and oxygen atoms in total. The maximum absolute atomic E-state index is 5.79. The first-order valence-electron chi connectivity index (χ1n) is 4.85. The highest BCUT2D eigenvalue weighted by Crippen LogP contribution is 2.19. The van der Waals surface area contributed by atoms with Gasteiger partial charge < -0.3 is 16.0 Å². The molecule has 0 bridgehead atoms. The number of aromatic amines is 1. The SMILES string of the molecule is Nc1cccc2[nH]c(NCCCCl)nc12. The van der Waals surface area contributed by atoms with E-state index in [-0.39, 0.29) is 0 Å². The fraction of sp³-hybridized carbons (Fsp3) is 0.300. The molecule has 0 radical (unpaired) electrons. The Morgan fingerprint density at radius 3 is 3.07 bits per heavy atom. The van der Waals surface area contributed by atoms with Gasteiger partial charge in [0.1, 0.15) is 5.52 Å². The minimum Gasteiger partial charge on any atom is -0.397 e. The molecule has 1 aromatic heterocycles. The first-order valence-corrected chi connectivity index (χ1v) is 5.39. The van der Waals surface area contributed by atoms with Gasteiger partial charge in [0.2, 0.25) is 5.95 Å². The summed E-state index contributed by atoms with van der Waals surface area (Å²) < 4.78 is 0. The summed E-state index contributed by atoms with van der Waals surface area (Å²) in [6.07, 6.45) is 0.911. The molecule has 0 spiro atoms. The quantitative estimate of drug-likeness (QED) is 0.424. The summed E-state index contributed by atoms with van der Waals surface area (Å²) in [5.41, 5.74) is 8.24. The van der Waals surface area contributed by atoms with E-state index in [0.717, 1.165) is 29.9 Å². The van der Waals surface area contributed by atoms with Crippen molar-refractivity contribution in [1.29, 1.82) is 0 Å². The van der Waals surface area contributed by atoms with Gasteiger partial charge in [-0.1, -0.05) is 6.07 Å². The van der Waals surface area contributed by atoms with Crippen LogP contribution in [-0.4, -0.2) is 22.4 Å². The van der Waals surface area contributed by atoms with Crippen molar-refractivity contribution in [3.05, 3.63) is 18.2 Å². The highest BCUT2D eigenvalue weighted by atomic mass is 35.5. The van der Waals surface area contributed by atoms with Crippen LogP contribution in [-0.2, 0) is 0 Å². The summed E-state index contributed by atoms with van der Waals surface area (Å²) in [7, 11) is 0. The van der Waals surface area contributed by atoms with Crippen LogP contribution in [0, 0.1) is 0 Å². The number of para-hydroxylation sites is 1. The lowest BCUT2D eigenvalue weighted by Gasteiger charge is -1.98. The van der Waals surface area contributed by atoms with Crippen molar-refractivity contribution >= 4 is 34.3 Å². The van der Waals surface area contributed by atoms with Crippen molar-refractivity contribution < 1.29 is 0 Å². The summed E-state index contributed by atoms with van der Waals surface area (Å²) in [6.45, 7) is 0.809. The zero-order valence-corrected chi connectivity index (χ0v) is 9.01. The van der Waals surface area contributed by atoms with E-state index >= 15 is 0 Å². The van der Waals surface area contributed by atoms with Gasteiger partial charge in [-0.3, -0.25) is 0 Å². The van der Waals surface area contributed by atoms with Gasteiger partial charge in [0.25, 0.3) is 0 Å². The molecule has 1 heterocycles. The molecule has 2 aromatic rings. The third-order valence-corrected chi connectivity index (χ3v) is 2.41. The molecule has 1 aromatic carbocycles. The first kappa shape index (κ1) is 10.1. The Morgan fingerprint density at radius 2 is 2.33 bits per heavy atom. The van der Waals surface area contributed by atoms with Gasteiger partial charge in [-0.05, 0) is 18.6 Å². The number of nitrogens with one attached hydrogen (secondary N) is 2. The molecule has 2 rings (SSSR count). The van der Waals surface area contributed by atoms with Gasteiger partial charge in [0.15, 0.2) is 0 Å². The summed E-state index contributed by atoms with van der Waals surface area (Å²) in [4.78, 5) is 7.50. The van der Waals surface area contributed by atoms with Crippen molar-refractivity contribution in [1.82, 2.24) is 9.97 Å². The lowest BCUT2D eigenvalue weighted by atomic mass is 10.3. The number of halogens is 1. The summed E-state index contributed by atoms with van der Waals surface area (Å²) in [5.74, 6) is 1.39. The van der Waals surface area contributed by atoms with Crippen molar-refractivity contribution in [2.24, 2.45) is 0 Å². The first-order chi connectivity index (χ1) is 7.31. The number of aromatic nitrogens is 2. The maximum atomic E-state index is 5.79. The van der Waals surface area contributed by atoms with E-state index in [2.05, 4.69) is 15.3 Å². The lowest BCUT2D eigenvalue weighted by Crippen LogP contribution is -2.03. The molecule has 4 N–H and O–H groups in total. The summed E-state index contributed by atoms with van der Waals surface area (Å²) in [5, 5.41) is 3.16. The van der Waals surface area contributed by atoms with E-state index in [1.54, 1.807) is 0 Å². The van der Waals surface area contributed by atoms with E-state index in [1.807, 2.05) is 18.2 Å². The molecule has 5 heteroatoms. The fourth-order valence-corrected chi connectivity index (χ4v) is 1.55. The van der Waals surface area contributed by atoms with Crippen molar-refractivity contribution in [3.63, 3.8) is 0 Å². The molecule has 0 aliphatic carbocycles. The number of benzene rings is 1. The van der Waals surface area contributed by atoms with Crippen LogP contribution >= 0.6 is 11.6 Å². The van der Waals surface area contributed by atoms with Crippen molar-refractivity contribution in [2.45, 2.75) is 6.42 Å². The Hall–Kier alpha value is -1.42. The topological polar surface area (TPSA) is 66.7 Å². The summed E-state index contributed by atoms with van der Waals surface area (Å²) >= 11 is 5.58. The number of nitrogen functional groups attached to an aromatic ring is 1. The second-order valence-electron chi connectivity index (χ2n) is 3.30. The number of rotatable bonds is 4. The van der Waals surface area contributed by atoms with Crippen molar-refractivity contribution in [3.8, 4) is 0 Å². The lowest BCUT2D eigenvalue weighted by molar-refractivity contribution is 0.970. The van der Waals surface area contributed by atoms with E-state index in [9.17, 15) is 0 Å². The minimum atomic E-state index is 0.648. The average Bonchev–Trinajstić information content (AvgIpc) is 2.63. The molecule has 0 amide bonds. The highest BCUT2D eigenvalue weighted by Gasteiger charge is 2.03. The number of H-pyrrole nitrogens is 1. The van der Waals surface area contributed by atoms with Crippen LogP contribution < -0.4 is 11.1 Å². The Labute approximate surface area is 92.8 Å². The molecule has 0 saturated carbocycles. The van der Waals surface area contributed by atoms with Crippen LogP contribution in [0.2, 0.25) is 0 Å². The minimum absolute atomic E-state index is 0.648. The Bertz CT molecular complexity index is 452. The van der Waals surface area contributed by atoms with Gasteiger partial charge in [-0.2, -0.15) is 0 Å². The normalized spacial score (nSPS) is 10.7. The smallest absolute Gasteiger partial charge is 0.201 e. The number of nitrogens with two attached hydrogens (primary N) is 1. The van der Waals surface area contributed by atoms with E-state index in [1.165, 1.54) is 0 Å². The molecule has 0 aliphatic heterocycles. The van der Waals surface area contributed by atoms with Gasteiger partial charge in [-0.25, -0.2) is 4.98 Å². The van der Waals surface area contributed by atoms with Gasteiger partial charge >= 0.3 is 0 Å². The number of anilines is 2. The van der Waals surface area contributed by atoms with E-state index in [4.69, 9.17) is 17.3 Å². The molecule has 0 atom stereocenters. The van der Waals surface area contributed by atoms with Gasteiger partial charge in [0.05, 0.1) is 11.2 Å². The number of nitrogens with zero attached hydrogens (tertiary/aromatic N) is 1. The number of hydrogen-bond acceptors (Lipinski definition) is 3. The largest absolute Gasteiger partial charge is 0.397 e. The number of fused-ring (bicyclic) bond motifs is 1. The second-order valence-corrected chi connectivity index (χ2v) is 3.68. The zero-order chi connectivity index (χ0) is 10.7. The molecule has 0 saturated heterocycles. The molecule has 80 valence electrons. The Kier molecular flexibility index (Phi) is 2.97. The van der Waals surface area contributed by atoms with Crippen LogP contribution in [0.5, 0.6) is 0 Å². The average molecular weight is 225 g/mol. The molecule has 0 aliphatic rings. The molecule has 15 heavy (non-hydrogen) atoms. The monoisotopic (exact) mass is 224 g/mol. The molecular formula is C10H13ClN4. The van der Waals surface area contributed by atoms with Crippen LogP contribution in [0.15, 0.2) is 18.2 Å². The molecular weight excluding hydrogens is 212 g/mol. The third kappa shape index (κ3) is 2.15. The van der Waals surface area contributed by atoms with Crippen LogP contribution in [0.1, 0.15) is 6.42 Å². The van der Waals surface area contributed by atoms with Crippen LogP contribution in [0.25, 0.3) is 11.0 Å². The summed E-state index contributed by atoms with van der Waals surface area (Å²) in [6, 6.07) is 5.69. The van der Waals surface area contributed by atoms with Gasteiger partial charge in [0, 0.05) is 12.4 Å². The highest BCUT2D eigenvalue weighted by molar-refractivity contribution is 6.17. The zero-order valence-electron chi connectivity index (χ0n) is 8.26.